The molecule has 1 heterocycles. The number of primary amides is 1. The summed E-state index contributed by atoms with van der Waals surface area (Å²) in [6.45, 7) is 2.33. The van der Waals surface area contributed by atoms with E-state index in [0.29, 0.717) is 6.61 Å². The van der Waals surface area contributed by atoms with Crippen LogP contribution in [0.4, 0.5) is 10.6 Å². The van der Waals surface area contributed by atoms with Gasteiger partial charge in [0, 0.05) is 7.05 Å². The lowest BCUT2D eigenvalue weighted by Gasteiger charge is -2.07. The van der Waals surface area contributed by atoms with Crippen molar-refractivity contribution in [1.82, 2.24) is 9.78 Å². The third kappa shape index (κ3) is 3.47. The van der Waals surface area contributed by atoms with Crippen LogP contribution in [0.2, 0.25) is 0 Å². The van der Waals surface area contributed by atoms with Crippen LogP contribution in [-0.2, 0) is 11.8 Å². The van der Waals surface area contributed by atoms with Crippen LogP contribution >= 0.6 is 0 Å². The number of ether oxygens (including phenoxy) is 1. The standard InChI is InChI=1S/C10H16N4O3/c1-3-4-5-17-10(16)13-9-7(8(11)15)6-12-14(9)2/h6H,3-5H2,1-2H3,(H2,11,15)(H,13,16). The molecule has 1 rings (SSSR count). The summed E-state index contributed by atoms with van der Waals surface area (Å²) in [6.07, 6.45) is 2.40. The molecule has 3 N–H and O–H groups in total. The number of unbranched alkanes of at least 4 members (excludes halogenated alkanes) is 1. The van der Waals surface area contributed by atoms with Gasteiger partial charge in [-0.25, -0.2) is 4.79 Å². The molecule has 7 nitrogen and oxygen atoms in total. The average Bonchev–Trinajstić information content (AvgIpc) is 2.61. The third-order valence-corrected chi connectivity index (χ3v) is 2.16. The minimum Gasteiger partial charge on any atom is -0.449 e. The van der Waals surface area contributed by atoms with Crippen molar-refractivity contribution in [1.29, 1.82) is 0 Å². The van der Waals surface area contributed by atoms with E-state index in [1.54, 1.807) is 7.05 Å². The number of nitrogens with one attached hydrogen (secondary N) is 1. The molecule has 17 heavy (non-hydrogen) atoms. The molecule has 0 aromatic carbocycles. The van der Waals surface area contributed by atoms with Gasteiger partial charge >= 0.3 is 6.09 Å². The summed E-state index contributed by atoms with van der Waals surface area (Å²) in [5, 5.41) is 6.27. The summed E-state index contributed by atoms with van der Waals surface area (Å²) >= 11 is 0. The van der Waals surface area contributed by atoms with Crippen LogP contribution in [0.5, 0.6) is 0 Å². The van der Waals surface area contributed by atoms with E-state index in [0.717, 1.165) is 12.8 Å². The fraction of sp³-hybridized carbons (Fsp3) is 0.500. The molecule has 1 aromatic heterocycles. The predicted molar refractivity (Wildman–Crippen MR) is 61.6 cm³/mol. The normalized spacial score (nSPS) is 10.0. The number of rotatable bonds is 5. The fourth-order valence-electron chi connectivity index (χ4n) is 1.21. The number of nitrogens with zero attached hydrogens (tertiary/aromatic N) is 2. The summed E-state index contributed by atoms with van der Waals surface area (Å²) < 4.78 is 6.25. The van der Waals surface area contributed by atoms with Gasteiger partial charge in [-0.2, -0.15) is 5.10 Å². The van der Waals surface area contributed by atoms with Gasteiger partial charge in [-0.05, 0) is 6.42 Å². The van der Waals surface area contributed by atoms with Gasteiger partial charge in [0.2, 0.25) is 0 Å². The molecule has 0 spiro atoms. The van der Waals surface area contributed by atoms with Gasteiger partial charge < -0.3 is 10.5 Å². The van der Waals surface area contributed by atoms with Crippen LogP contribution in [0.15, 0.2) is 6.20 Å². The Morgan fingerprint density at radius 3 is 2.88 bits per heavy atom. The first-order chi connectivity index (χ1) is 8.06. The Bertz CT molecular complexity index is 414. The van der Waals surface area contributed by atoms with Crippen LogP contribution in [0.25, 0.3) is 0 Å². The molecule has 0 aliphatic carbocycles. The quantitative estimate of drug-likeness (QED) is 0.746. The van der Waals surface area contributed by atoms with E-state index >= 15 is 0 Å². The number of carbonyl (C=O) groups is 2. The second-order valence-corrected chi connectivity index (χ2v) is 3.51. The van der Waals surface area contributed by atoms with Crippen LogP contribution in [0, 0.1) is 0 Å². The van der Waals surface area contributed by atoms with Gasteiger partial charge in [0.15, 0.2) is 0 Å². The van der Waals surface area contributed by atoms with Gasteiger partial charge in [0.1, 0.15) is 11.4 Å². The molecule has 0 aliphatic rings. The monoisotopic (exact) mass is 240 g/mol. The SMILES string of the molecule is CCCCOC(=O)Nc1c(C(N)=O)cnn1C. The Hall–Kier alpha value is -2.05. The molecular weight excluding hydrogens is 224 g/mol. The van der Waals surface area contributed by atoms with E-state index in [1.807, 2.05) is 6.92 Å². The lowest BCUT2D eigenvalue weighted by atomic mass is 10.3. The molecule has 0 saturated heterocycles. The summed E-state index contributed by atoms with van der Waals surface area (Å²) in [4.78, 5) is 22.4. The number of aromatic nitrogens is 2. The van der Waals surface area contributed by atoms with Crippen LogP contribution in [0.1, 0.15) is 30.1 Å². The number of aryl methyl sites for hydroxylation is 1. The largest absolute Gasteiger partial charge is 0.449 e. The van der Waals surface area contributed by atoms with Crippen molar-refractivity contribution in [3.8, 4) is 0 Å². The summed E-state index contributed by atoms with van der Waals surface area (Å²) in [6, 6.07) is 0. The Morgan fingerprint density at radius 1 is 1.59 bits per heavy atom. The zero-order valence-electron chi connectivity index (χ0n) is 9.90. The van der Waals surface area contributed by atoms with Gasteiger partial charge in [-0.3, -0.25) is 14.8 Å². The molecule has 7 heteroatoms. The first kappa shape index (κ1) is 13.0. The maximum Gasteiger partial charge on any atom is 0.412 e. The van der Waals surface area contributed by atoms with Gasteiger partial charge in [0.25, 0.3) is 5.91 Å². The Labute approximate surface area is 98.9 Å². The minimum atomic E-state index is -0.651. The number of amides is 2. The highest BCUT2D eigenvalue weighted by molar-refractivity contribution is 6.00. The minimum absolute atomic E-state index is 0.153. The van der Waals surface area contributed by atoms with E-state index < -0.39 is 12.0 Å². The van der Waals surface area contributed by atoms with Crippen molar-refractivity contribution in [2.45, 2.75) is 19.8 Å². The highest BCUT2D eigenvalue weighted by Gasteiger charge is 2.16. The first-order valence-corrected chi connectivity index (χ1v) is 5.31. The lowest BCUT2D eigenvalue weighted by Crippen LogP contribution is -2.20. The summed E-state index contributed by atoms with van der Waals surface area (Å²) in [5.41, 5.74) is 5.29. The smallest absolute Gasteiger partial charge is 0.412 e. The van der Waals surface area contributed by atoms with E-state index in [9.17, 15) is 9.59 Å². The molecule has 94 valence electrons. The summed E-state index contributed by atoms with van der Waals surface area (Å²) in [5.74, 6) is -0.416. The number of nitrogens with two attached hydrogens (primary N) is 1. The summed E-state index contributed by atoms with van der Waals surface area (Å²) in [7, 11) is 1.59. The Balaban J connectivity index is 2.64. The van der Waals surface area contributed by atoms with Gasteiger partial charge in [0.05, 0.1) is 12.8 Å². The maximum atomic E-state index is 11.4. The van der Waals surface area contributed by atoms with E-state index in [1.165, 1.54) is 10.9 Å². The van der Waals surface area contributed by atoms with Crippen LogP contribution < -0.4 is 11.1 Å². The Morgan fingerprint density at radius 2 is 2.29 bits per heavy atom. The molecule has 0 radical (unpaired) electrons. The number of anilines is 1. The molecule has 0 atom stereocenters. The van der Waals surface area contributed by atoms with E-state index in [4.69, 9.17) is 10.5 Å². The molecule has 0 bridgehead atoms. The van der Waals surface area contributed by atoms with Crippen LogP contribution in [-0.4, -0.2) is 28.4 Å². The van der Waals surface area contributed by atoms with Gasteiger partial charge in [-0.1, -0.05) is 13.3 Å². The molecule has 1 aromatic rings. The highest BCUT2D eigenvalue weighted by Crippen LogP contribution is 2.13. The maximum absolute atomic E-state index is 11.4. The zero-order valence-corrected chi connectivity index (χ0v) is 9.90. The van der Waals surface area contributed by atoms with Gasteiger partial charge in [-0.15, -0.1) is 0 Å². The number of hydrogen-bond donors (Lipinski definition) is 2. The van der Waals surface area contributed by atoms with E-state index in [2.05, 4.69) is 10.4 Å². The van der Waals surface area contributed by atoms with Crippen molar-refractivity contribution < 1.29 is 14.3 Å². The number of carbonyl (C=O) groups excluding carboxylic acids is 2. The third-order valence-electron chi connectivity index (χ3n) is 2.16. The van der Waals surface area contributed by atoms with Crippen molar-refractivity contribution in [3.63, 3.8) is 0 Å². The average molecular weight is 240 g/mol. The lowest BCUT2D eigenvalue weighted by molar-refractivity contribution is 0.100. The van der Waals surface area contributed by atoms with Crippen molar-refractivity contribution in [2.75, 3.05) is 11.9 Å². The fourth-order valence-corrected chi connectivity index (χ4v) is 1.21. The zero-order chi connectivity index (χ0) is 12.8. The molecule has 0 fully saturated rings. The van der Waals surface area contributed by atoms with Crippen molar-refractivity contribution >= 4 is 17.8 Å². The number of hydrogen-bond acceptors (Lipinski definition) is 4. The van der Waals surface area contributed by atoms with Crippen LogP contribution in [0.3, 0.4) is 0 Å². The molecule has 0 saturated carbocycles. The second kappa shape index (κ2) is 5.88. The topological polar surface area (TPSA) is 99.2 Å². The highest BCUT2D eigenvalue weighted by atomic mass is 16.5. The Kier molecular flexibility index (Phi) is 4.50. The first-order valence-electron chi connectivity index (χ1n) is 5.31. The second-order valence-electron chi connectivity index (χ2n) is 3.51. The molecular formula is C10H16N4O3. The molecule has 0 aliphatic heterocycles. The predicted octanol–water partition coefficient (Wildman–Crippen LogP) is 0.868. The van der Waals surface area contributed by atoms with Crippen molar-refractivity contribution in [2.24, 2.45) is 12.8 Å². The van der Waals surface area contributed by atoms with E-state index in [-0.39, 0.29) is 11.4 Å². The molecule has 2 amide bonds. The molecule has 0 unspecified atom stereocenters. The van der Waals surface area contributed by atoms with Crippen molar-refractivity contribution in [3.05, 3.63) is 11.8 Å².